The van der Waals surface area contributed by atoms with E-state index in [2.05, 4.69) is 0 Å². The van der Waals surface area contributed by atoms with Crippen molar-refractivity contribution in [2.24, 2.45) is 5.14 Å². The van der Waals surface area contributed by atoms with Gasteiger partial charge < -0.3 is 10.5 Å². The maximum absolute atomic E-state index is 11.4. The van der Waals surface area contributed by atoms with E-state index in [1.807, 2.05) is 0 Å². The molecule has 0 radical (unpaired) electrons. The largest absolute Gasteiger partial charge is 0.399 e. The Morgan fingerprint density at radius 2 is 2.06 bits per heavy atom. The summed E-state index contributed by atoms with van der Waals surface area (Å²) in [6, 6.07) is 3.17. The van der Waals surface area contributed by atoms with Gasteiger partial charge in [0.05, 0.1) is 23.4 Å². The molecular weight excluding hydrogens is 260 g/mol. The van der Waals surface area contributed by atoms with E-state index in [1.165, 1.54) is 6.07 Å². The standard InChI is InChI=1S/C10H14N2O3S2/c1-6-9(16-8-4-15-5-8)2-7(11)3-10(6)17(12,13)14/h2-3,8H,4-5,11H2,1H3,(H2,12,13,14). The van der Waals surface area contributed by atoms with Crippen molar-refractivity contribution >= 4 is 27.5 Å². The lowest BCUT2D eigenvalue weighted by Gasteiger charge is -2.26. The SMILES string of the molecule is Cc1c(SC2COC2)cc(N)cc1S(N)(=O)=O. The molecule has 0 bridgehead atoms. The third-order valence-electron chi connectivity index (χ3n) is 2.54. The predicted octanol–water partition coefficient (Wildman–Crippen LogP) is 0.716. The van der Waals surface area contributed by atoms with Gasteiger partial charge in [-0.1, -0.05) is 0 Å². The highest BCUT2D eigenvalue weighted by molar-refractivity contribution is 8.00. The van der Waals surface area contributed by atoms with Crippen LogP contribution in [0.25, 0.3) is 0 Å². The van der Waals surface area contributed by atoms with Crippen LogP contribution < -0.4 is 10.9 Å². The van der Waals surface area contributed by atoms with Gasteiger partial charge in [-0.25, -0.2) is 13.6 Å². The lowest BCUT2D eigenvalue weighted by Crippen LogP contribution is -2.30. The summed E-state index contributed by atoms with van der Waals surface area (Å²) in [5.74, 6) is 0. The second-order valence-electron chi connectivity index (χ2n) is 3.96. The minimum atomic E-state index is -3.73. The van der Waals surface area contributed by atoms with Gasteiger partial charge in [0.2, 0.25) is 10.0 Å². The van der Waals surface area contributed by atoms with Crippen LogP contribution >= 0.6 is 11.8 Å². The number of nitrogen functional groups attached to an aromatic ring is 1. The highest BCUT2D eigenvalue weighted by Crippen LogP contribution is 2.34. The minimum Gasteiger partial charge on any atom is -0.399 e. The summed E-state index contributed by atoms with van der Waals surface area (Å²) in [7, 11) is -3.73. The lowest BCUT2D eigenvalue weighted by molar-refractivity contribution is 0.0455. The fraction of sp³-hybridized carbons (Fsp3) is 0.400. The number of primary sulfonamides is 1. The van der Waals surface area contributed by atoms with Crippen molar-refractivity contribution in [2.45, 2.75) is 22.0 Å². The maximum Gasteiger partial charge on any atom is 0.238 e. The molecule has 2 rings (SSSR count). The first-order valence-electron chi connectivity index (χ1n) is 5.05. The molecule has 7 heteroatoms. The molecule has 1 aromatic carbocycles. The van der Waals surface area contributed by atoms with Crippen molar-refractivity contribution in [2.75, 3.05) is 18.9 Å². The van der Waals surface area contributed by atoms with Crippen LogP contribution in [0.2, 0.25) is 0 Å². The fourth-order valence-corrected chi connectivity index (χ4v) is 3.64. The van der Waals surface area contributed by atoms with Gasteiger partial charge in [-0.15, -0.1) is 11.8 Å². The Morgan fingerprint density at radius 1 is 1.41 bits per heavy atom. The summed E-state index contributed by atoms with van der Waals surface area (Å²) < 4.78 is 27.9. The number of rotatable bonds is 3. The van der Waals surface area contributed by atoms with E-state index in [0.717, 1.165) is 4.90 Å². The molecule has 0 unspecified atom stereocenters. The molecule has 0 amide bonds. The van der Waals surface area contributed by atoms with Crippen LogP contribution in [0.15, 0.2) is 21.9 Å². The quantitative estimate of drug-likeness (QED) is 0.792. The molecule has 1 saturated heterocycles. The number of hydrogen-bond acceptors (Lipinski definition) is 5. The molecule has 0 spiro atoms. The molecule has 17 heavy (non-hydrogen) atoms. The number of ether oxygens (including phenoxy) is 1. The Balaban J connectivity index is 2.41. The third-order valence-corrected chi connectivity index (χ3v) is 4.86. The normalized spacial score (nSPS) is 16.8. The smallest absolute Gasteiger partial charge is 0.238 e. The molecule has 5 nitrogen and oxygen atoms in total. The summed E-state index contributed by atoms with van der Waals surface area (Å²) in [5.41, 5.74) is 6.75. The van der Waals surface area contributed by atoms with E-state index in [4.69, 9.17) is 15.6 Å². The van der Waals surface area contributed by atoms with Gasteiger partial charge in [0, 0.05) is 10.6 Å². The lowest BCUT2D eigenvalue weighted by atomic mass is 10.2. The monoisotopic (exact) mass is 274 g/mol. The molecule has 1 heterocycles. The minimum absolute atomic E-state index is 0.0974. The van der Waals surface area contributed by atoms with Crippen molar-refractivity contribution in [1.82, 2.24) is 0 Å². The van der Waals surface area contributed by atoms with Crippen LogP contribution in [0.4, 0.5) is 5.69 Å². The van der Waals surface area contributed by atoms with Gasteiger partial charge >= 0.3 is 0 Å². The van der Waals surface area contributed by atoms with E-state index >= 15 is 0 Å². The van der Waals surface area contributed by atoms with Crippen LogP contribution in [-0.4, -0.2) is 26.9 Å². The van der Waals surface area contributed by atoms with Crippen molar-refractivity contribution < 1.29 is 13.2 Å². The predicted molar refractivity (Wildman–Crippen MR) is 67.4 cm³/mol. The van der Waals surface area contributed by atoms with Gasteiger partial charge in [0.15, 0.2) is 0 Å². The number of nitrogens with two attached hydrogens (primary N) is 2. The van der Waals surface area contributed by atoms with E-state index < -0.39 is 10.0 Å². The zero-order valence-corrected chi connectivity index (χ0v) is 11.0. The van der Waals surface area contributed by atoms with Gasteiger partial charge in [-0.2, -0.15) is 0 Å². The van der Waals surface area contributed by atoms with Crippen molar-refractivity contribution in [3.63, 3.8) is 0 Å². The molecule has 1 aliphatic rings. The second kappa shape index (κ2) is 4.49. The Kier molecular flexibility index (Phi) is 3.35. The van der Waals surface area contributed by atoms with E-state index in [-0.39, 0.29) is 4.90 Å². The zero-order valence-electron chi connectivity index (χ0n) is 9.34. The van der Waals surface area contributed by atoms with E-state index in [9.17, 15) is 8.42 Å². The Labute approximate surface area is 105 Å². The Hall–Kier alpha value is -0.760. The average molecular weight is 274 g/mol. The average Bonchev–Trinajstić information content (AvgIpc) is 2.14. The van der Waals surface area contributed by atoms with Gasteiger partial charge in [0.25, 0.3) is 0 Å². The topological polar surface area (TPSA) is 95.4 Å². The first-order valence-corrected chi connectivity index (χ1v) is 7.48. The molecule has 94 valence electrons. The number of hydrogen-bond donors (Lipinski definition) is 2. The zero-order chi connectivity index (χ0) is 12.6. The van der Waals surface area contributed by atoms with Gasteiger partial charge in [-0.3, -0.25) is 0 Å². The number of benzene rings is 1. The maximum atomic E-state index is 11.4. The fourth-order valence-electron chi connectivity index (χ4n) is 1.56. The van der Waals surface area contributed by atoms with Crippen LogP contribution in [0.1, 0.15) is 5.56 Å². The van der Waals surface area contributed by atoms with Crippen LogP contribution in [0.5, 0.6) is 0 Å². The molecular formula is C10H14N2O3S2. The summed E-state index contributed by atoms with van der Waals surface area (Å²) in [6.45, 7) is 3.11. The van der Waals surface area contributed by atoms with Crippen molar-refractivity contribution in [3.8, 4) is 0 Å². The molecule has 4 N–H and O–H groups in total. The van der Waals surface area contributed by atoms with Crippen molar-refractivity contribution in [3.05, 3.63) is 17.7 Å². The molecule has 0 aliphatic carbocycles. The van der Waals surface area contributed by atoms with E-state index in [0.29, 0.717) is 29.7 Å². The first kappa shape index (κ1) is 12.7. The summed E-state index contributed by atoms with van der Waals surface area (Å²) in [4.78, 5) is 0.947. The Bertz CT molecular complexity index is 539. The highest BCUT2D eigenvalue weighted by atomic mass is 32.2. The molecule has 0 aromatic heterocycles. The van der Waals surface area contributed by atoms with Gasteiger partial charge in [-0.05, 0) is 24.6 Å². The van der Waals surface area contributed by atoms with Crippen molar-refractivity contribution in [1.29, 1.82) is 0 Å². The Morgan fingerprint density at radius 3 is 2.53 bits per heavy atom. The third kappa shape index (κ3) is 2.74. The second-order valence-corrected chi connectivity index (χ2v) is 6.84. The highest BCUT2D eigenvalue weighted by Gasteiger charge is 2.23. The molecule has 0 atom stereocenters. The van der Waals surface area contributed by atoms with Crippen LogP contribution in [-0.2, 0) is 14.8 Å². The van der Waals surface area contributed by atoms with Gasteiger partial charge in [0.1, 0.15) is 0 Å². The summed E-state index contributed by atoms with van der Waals surface area (Å²) in [6.07, 6.45) is 0. The number of anilines is 1. The molecule has 1 aromatic rings. The number of thioether (sulfide) groups is 1. The van der Waals surface area contributed by atoms with Crippen LogP contribution in [0.3, 0.4) is 0 Å². The summed E-state index contributed by atoms with van der Waals surface area (Å²) in [5, 5.41) is 5.52. The van der Waals surface area contributed by atoms with E-state index in [1.54, 1.807) is 24.8 Å². The molecule has 0 saturated carbocycles. The number of sulfonamides is 1. The molecule has 1 aliphatic heterocycles. The van der Waals surface area contributed by atoms with Crippen LogP contribution in [0, 0.1) is 6.92 Å². The summed E-state index contributed by atoms with van der Waals surface area (Å²) >= 11 is 1.58. The first-order chi connectivity index (χ1) is 7.88. The molecule has 1 fully saturated rings.